The predicted molar refractivity (Wildman–Crippen MR) is 79.3 cm³/mol. The van der Waals surface area contributed by atoms with Crippen molar-refractivity contribution in [2.75, 3.05) is 0 Å². The van der Waals surface area contributed by atoms with Gasteiger partial charge in [0.2, 0.25) is 0 Å². The highest BCUT2D eigenvalue weighted by molar-refractivity contribution is 6.32. The van der Waals surface area contributed by atoms with Gasteiger partial charge in [-0.05, 0) is 24.1 Å². The second-order valence-electron chi connectivity index (χ2n) is 4.56. The summed E-state index contributed by atoms with van der Waals surface area (Å²) in [4.78, 5) is 12.2. The van der Waals surface area contributed by atoms with Gasteiger partial charge in [-0.3, -0.25) is 0 Å². The average Bonchev–Trinajstić information content (AvgIpc) is 2.43. The van der Waals surface area contributed by atoms with Crippen LogP contribution in [0.3, 0.4) is 0 Å². The Morgan fingerprint density at radius 3 is 2.55 bits per heavy atom. The molecule has 0 bridgehead atoms. The topological polar surface area (TPSA) is 50.4 Å². The fourth-order valence-electron chi connectivity index (χ4n) is 2.30. The molecular formula is C16H11ClO3. The minimum atomic E-state index is -0.428. The van der Waals surface area contributed by atoms with E-state index in [1.54, 1.807) is 6.07 Å². The summed E-state index contributed by atoms with van der Waals surface area (Å²) in [5.74, 6) is -0.103. The van der Waals surface area contributed by atoms with Gasteiger partial charge < -0.3 is 9.52 Å². The summed E-state index contributed by atoms with van der Waals surface area (Å²) in [6.45, 7) is 1.84. The lowest BCUT2D eigenvalue weighted by Crippen LogP contribution is -2.05. The van der Waals surface area contributed by atoms with Crippen LogP contribution < -0.4 is 5.63 Å². The van der Waals surface area contributed by atoms with E-state index in [1.807, 2.05) is 37.3 Å². The van der Waals surface area contributed by atoms with Crippen LogP contribution in [0.5, 0.6) is 5.75 Å². The molecule has 0 amide bonds. The molecule has 0 atom stereocenters. The van der Waals surface area contributed by atoms with Gasteiger partial charge >= 0.3 is 5.63 Å². The van der Waals surface area contributed by atoms with E-state index < -0.39 is 5.63 Å². The number of phenolic OH excluding ortho intramolecular Hbond substituents is 1. The standard InChI is InChI=1S/C16H11ClO3/c1-9-11-7-12(17)13(18)8-14(11)20-16(19)15(9)10-5-3-2-4-6-10/h2-8,18H,1H3. The molecule has 0 radical (unpaired) electrons. The lowest BCUT2D eigenvalue weighted by molar-refractivity contribution is 0.473. The third kappa shape index (κ3) is 1.96. The highest BCUT2D eigenvalue weighted by atomic mass is 35.5. The number of halogens is 1. The second kappa shape index (κ2) is 4.69. The van der Waals surface area contributed by atoms with Gasteiger partial charge in [0, 0.05) is 11.5 Å². The Hall–Kier alpha value is -2.26. The molecule has 4 heteroatoms. The van der Waals surface area contributed by atoms with Crippen molar-refractivity contribution in [1.82, 2.24) is 0 Å². The first-order valence-electron chi connectivity index (χ1n) is 6.09. The van der Waals surface area contributed by atoms with Crippen LogP contribution in [0.1, 0.15) is 5.56 Å². The summed E-state index contributed by atoms with van der Waals surface area (Å²) in [6.07, 6.45) is 0. The lowest BCUT2D eigenvalue weighted by Gasteiger charge is -2.08. The monoisotopic (exact) mass is 286 g/mol. The van der Waals surface area contributed by atoms with Crippen LogP contribution in [0, 0.1) is 6.92 Å². The Morgan fingerprint density at radius 2 is 1.85 bits per heavy atom. The Balaban J connectivity index is 2.41. The number of aryl methyl sites for hydroxylation is 1. The molecule has 0 unspecified atom stereocenters. The van der Waals surface area contributed by atoms with Crippen molar-refractivity contribution >= 4 is 22.6 Å². The first-order valence-corrected chi connectivity index (χ1v) is 6.47. The largest absolute Gasteiger partial charge is 0.506 e. The smallest absolute Gasteiger partial charge is 0.344 e. The Labute approximate surface area is 120 Å². The molecule has 20 heavy (non-hydrogen) atoms. The number of phenols is 1. The molecule has 0 fully saturated rings. The number of hydrogen-bond acceptors (Lipinski definition) is 3. The van der Waals surface area contributed by atoms with Crippen LogP contribution in [0.15, 0.2) is 51.7 Å². The summed E-state index contributed by atoms with van der Waals surface area (Å²) >= 11 is 5.93. The van der Waals surface area contributed by atoms with Gasteiger partial charge in [-0.2, -0.15) is 0 Å². The van der Waals surface area contributed by atoms with Crippen LogP contribution in [-0.4, -0.2) is 5.11 Å². The molecule has 3 nitrogen and oxygen atoms in total. The molecule has 0 saturated carbocycles. The molecule has 3 aromatic rings. The van der Waals surface area contributed by atoms with E-state index in [0.29, 0.717) is 16.5 Å². The summed E-state index contributed by atoms with van der Waals surface area (Å²) in [6, 6.07) is 12.3. The average molecular weight is 287 g/mol. The van der Waals surface area contributed by atoms with Gasteiger partial charge in [0.05, 0.1) is 10.6 Å². The SMILES string of the molecule is Cc1c(-c2ccccc2)c(=O)oc2cc(O)c(Cl)cc12. The maximum atomic E-state index is 12.2. The maximum absolute atomic E-state index is 12.2. The van der Waals surface area contributed by atoms with Gasteiger partial charge in [0.15, 0.2) is 0 Å². The van der Waals surface area contributed by atoms with E-state index in [4.69, 9.17) is 16.0 Å². The van der Waals surface area contributed by atoms with E-state index in [9.17, 15) is 9.90 Å². The highest BCUT2D eigenvalue weighted by Crippen LogP contribution is 2.33. The first kappa shape index (κ1) is 12.8. The third-order valence-corrected chi connectivity index (χ3v) is 3.60. The van der Waals surface area contributed by atoms with Crippen molar-refractivity contribution in [1.29, 1.82) is 0 Å². The number of rotatable bonds is 1. The fourth-order valence-corrected chi connectivity index (χ4v) is 2.46. The molecule has 1 aromatic heterocycles. The maximum Gasteiger partial charge on any atom is 0.344 e. The molecule has 0 aliphatic heterocycles. The van der Waals surface area contributed by atoms with Crippen LogP contribution in [0.4, 0.5) is 0 Å². The third-order valence-electron chi connectivity index (χ3n) is 3.30. The van der Waals surface area contributed by atoms with Crippen molar-refractivity contribution in [2.45, 2.75) is 6.92 Å². The van der Waals surface area contributed by atoms with Crippen LogP contribution in [0.2, 0.25) is 5.02 Å². The zero-order valence-electron chi connectivity index (χ0n) is 10.7. The molecule has 0 aliphatic rings. The number of benzene rings is 2. The summed E-state index contributed by atoms with van der Waals surface area (Å²) in [7, 11) is 0. The summed E-state index contributed by atoms with van der Waals surface area (Å²) in [5, 5.41) is 10.5. The van der Waals surface area contributed by atoms with Crippen molar-refractivity contribution in [2.24, 2.45) is 0 Å². The molecule has 3 rings (SSSR count). The van der Waals surface area contributed by atoms with Crippen molar-refractivity contribution in [3.63, 3.8) is 0 Å². The Kier molecular flexibility index (Phi) is 2.99. The van der Waals surface area contributed by atoms with Crippen LogP contribution in [-0.2, 0) is 0 Å². The molecule has 100 valence electrons. The van der Waals surface area contributed by atoms with Crippen molar-refractivity contribution < 1.29 is 9.52 Å². The van der Waals surface area contributed by atoms with E-state index in [0.717, 1.165) is 11.1 Å². The minimum absolute atomic E-state index is 0.103. The molecular weight excluding hydrogens is 276 g/mol. The first-order chi connectivity index (χ1) is 9.58. The van der Waals surface area contributed by atoms with Crippen molar-refractivity contribution in [3.05, 3.63) is 63.5 Å². The number of aromatic hydroxyl groups is 1. The molecule has 0 aliphatic carbocycles. The van der Waals surface area contributed by atoms with E-state index in [1.165, 1.54) is 6.07 Å². The van der Waals surface area contributed by atoms with E-state index in [-0.39, 0.29) is 10.8 Å². The van der Waals surface area contributed by atoms with Crippen LogP contribution in [0.25, 0.3) is 22.1 Å². The normalized spacial score (nSPS) is 10.9. The van der Waals surface area contributed by atoms with Crippen LogP contribution >= 0.6 is 11.6 Å². The van der Waals surface area contributed by atoms with Gasteiger partial charge in [-0.25, -0.2) is 4.79 Å². The predicted octanol–water partition coefficient (Wildman–Crippen LogP) is 4.13. The van der Waals surface area contributed by atoms with Gasteiger partial charge in [0.25, 0.3) is 0 Å². The summed E-state index contributed by atoms with van der Waals surface area (Å²) in [5.41, 5.74) is 1.99. The zero-order valence-corrected chi connectivity index (χ0v) is 11.4. The van der Waals surface area contributed by atoms with Gasteiger partial charge in [-0.1, -0.05) is 41.9 Å². The summed E-state index contributed by atoms with van der Waals surface area (Å²) < 4.78 is 5.29. The lowest BCUT2D eigenvalue weighted by atomic mass is 10.00. The zero-order chi connectivity index (χ0) is 14.3. The van der Waals surface area contributed by atoms with Gasteiger partial charge in [0.1, 0.15) is 11.3 Å². The van der Waals surface area contributed by atoms with Crippen molar-refractivity contribution in [3.8, 4) is 16.9 Å². The highest BCUT2D eigenvalue weighted by Gasteiger charge is 2.14. The number of fused-ring (bicyclic) bond motifs is 1. The quantitative estimate of drug-likeness (QED) is 0.684. The molecule has 2 aromatic carbocycles. The van der Waals surface area contributed by atoms with Gasteiger partial charge in [-0.15, -0.1) is 0 Å². The molecule has 1 heterocycles. The Bertz CT molecular complexity index is 851. The second-order valence-corrected chi connectivity index (χ2v) is 4.96. The number of hydrogen-bond donors (Lipinski definition) is 1. The molecule has 0 spiro atoms. The molecule has 1 N–H and O–H groups in total. The van der Waals surface area contributed by atoms with E-state index >= 15 is 0 Å². The minimum Gasteiger partial charge on any atom is -0.506 e. The Morgan fingerprint density at radius 1 is 1.15 bits per heavy atom. The van der Waals surface area contributed by atoms with E-state index in [2.05, 4.69) is 0 Å². The fraction of sp³-hybridized carbons (Fsp3) is 0.0625. The molecule has 0 saturated heterocycles.